The van der Waals surface area contributed by atoms with Crippen LogP contribution in [0.2, 0.25) is 0 Å². The van der Waals surface area contributed by atoms with Gasteiger partial charge in [0.1, 0.15) is 11.2 Å². The summed E-state index contributed by atoms with van der Waals surface area (Å²) in [6.45, 7) is 4.35. The van der Waals surface area contributed by atoms with Gasteiger partial charge in [-0.1, -0.05) is 0 Å². The van der Waals surface area contributed by atoms with Gasteiger partial charge in [0.15, 0.2) is 0 Å². The van der Waals surface area contributed by atoms with Gasteiger partial charge >= 0.3 is 5.97 Å². The number of methoxy groups -OCH3 is 1. The van der Waals surface area contributed by atoms with E-state index in [9.17, 15) is 4.79 Å². The van der Waals surface area contributed by atoms with Crippen molar-refractivity contribution in [1.82, 2.24) is 19.8 Å². The molecule has 3 aromatic rings. The number of esters is 1. The SMILES string of the molecule is COC(=O)c1cc2c(s1)CCOC21CCN(c2cc(C)nn3cnnc23)CC1. The molecule has 0 amide bonds. The minimum absolute atomic E-state index is 0.270. The van der Waals surface area contributed by atoms with Crippen LogP contribution in [-0.2, 0) is 21.5 Å². The predicted molar refractivity (Wildman–Crippen MR) is 104 cm³/mol. The van der Waals surface area contributed by atoms with E-state index in [0.717, 1.165) is 49.4 Å². The van der Waals surface area contributed by atoms with Crippen molar-refractivity contribution in [3.8, 4) is 0 Å². The summed E-state index contributed by atoms with van der Waals surface area (Å²) in [5, 5.41) is 12.7. The van der Waals surface area contributed by atoms with Crippen molar-refractivity contribution in [2.45, 2.75) is 31.8 Å². The normalized spacial score (nSPS) is 18.4. The quantitative estimate of drug-likeness (QED) is 0.612. The second kappa shape index (κ2) is 6.52. The number of anilines is 1. The Bertz CT molecular complexity index is 1050. The largest absolute Gasteiger partial charge is 0.465 e. The summed E-state index contributed by atoms with van der Waals surface area (Å²) >= 11 is 1.54. The molecule has 2 aliphatic heterocycles. The molecule has 0 saturated carbocycles. The van der Waals surface area contributed by atoms with Crippen molar-refractivity contribution in [2.24, 2.45) is 0 Å². The third kappa shape index (κ3) is 2.68. The first-order valence-electron chi connectivity index (χ1n) is 9.38. The number of piperidine rings is 1. The molecule has 146 valence electrons. The molecule has 0 unspecified atom stereocenters. The number of aryl methyl sites for hydroxylation is 1. The maximum absolute atomic E-state index is 12.0. The standard InChI is InChI=1S/C19H21N5O3S/c1-12-9-14(17-21-20-11-24(17)22-12)23-6-4-19(5-7-23)13-10-16(18(25)26-2)28-15(13)3-8-27-19/h9-11H,3-8H2,1-2H3. The minimum Gasteiger partial charge on any atom is -0.465 e. The summed E-state index contributed by atoms with van der Waals surface area (Å²) in [6.07, 6.45) is 4.21. The van der Waals surface area contributed by atoms with Crippen LogP contribution in [0.25, 0.3) is 5.65 Å². The van der Waals surface area contributed by atoms with Gasteiger partial charge in [0.2, 0.25) is 5.65 Å². The highest BCUT2D eigenvalue weighted by Gasteiger charge is 2.42. The highest BCUT2D eigenvalue weighted by molar-refractivity contribution is 7.14. The Kier molecular flexibility index (Phi) is 4.09. The summed E-state index contributed by atoms with van der Waals surface area (Å²) in [6, 6.07) is 4.04. The van der Waals surface area contributed by atoms with Crippen LogP contribution in [0.5, 0.6) is 0 Å². The van der Waals surface area contributed by atoms with Crippen molar-refractivity contribution >= 4 is 28.6 Å². The van der Waals surface area contributed by atoms with E-state index in [1.54, 1.807) is 10.8 Å². The van der Waals surface area contributed by atoms with Gasteiger partial charge < -0.3 is 14.4 Å². The molecule has 3 aromatic heterocycles. The lowest BCUT2D eigenvalue weighted by Crippen LogP contribution is -2.46. The van der Waals surface area contributed by atoms with Crippen LogP contribution in [-0.4, -0.2) is 52.6 Å². The van der Waals surface area contributed by atoms with Crippen LogP contribution in [0.3, 0.4) is 0 Å². The minimum atomic E-state index is -0.321. The van der Waals surface area contributed by atoms with E-state index in [2.05, 4.69) is 26.3 Å². The molecular formula is C19H21N5O3S. The Labute approximate surface area is 166 Å². The van der Waals surface area contributed by atoms with Crippen molar-refractivity contribution in [1.29, 1.82) is 0 Å². The molecule has 5 heterocycles. The van der Waals surface area contributed by atoms with E-state index in [-0.39, 0.29) is 11.6 Å². The lowest BCUT2D eigenvalue weighted by molar-refractivity contribution is -0.0756. The van der Waals surface area contributed by atoms with E-state index in [1.807, 2.05) is 13.0 Å². The number of fused-ring (bicyclic) bond motifs is 3. The lowest BCUT2D eigenvalue weighted by Gasteiger charge is -2.44. The van der Waals surface area contributed by atoms with Gasteiger partial charge in [0.05, 0.1) is 30.7 Å². The summed E-state index contributed by atoms with van der Waals surface area (Å²) in [4.78, 5) is 16.2. The van der Waals surface area contributed by atoms with Crippen molar-refractivity contribution < 1.29 is 14.3 Å². The number of ether oxygens (including phenoxy) is 2. The molecule has 8 nitrogen and oxygen atoms in total. The second-order valence-electron chi connectivity index (χ2n) is 7.29. The molecule has 0 aromatic carbocycles. The molecule has 9 heteroatoms. The zero-order valence-electron chi connectivity index (χ0n) is 15.8. The number of rotatable bonds is 2. The maximum Gasteiger partial charge on any atom is 0.348 e. The fraction of sp³-hybridized carbons (Fsp3) is 0.474. The Morgan fingerprint density at radius 3 is 2.93 bits per heavy atom. The number of aromatic nitrogens is 4. The molecule has 0 bridgehead atoms. The fourth-order valence-corrected chi connectivity index (χ4v) is 5.46. The molecule has 0 radical (unpaired) electrons. The van der Waals surface area contributed by atoms with E-state index in [1.165, 1.54) is 28.9 Å². The monoisotopic (exact) mass is 399 g/mol. The van der Waals surface area contributed by atoms with Crippen LogP contribution >= 0.6 is 11.3 Å². The van der Waals surface area contributed by atoms with Gasteiger partial charge in [0, 0.05) is 24.4 Å². The summed E-state index contributed by atoms with van der Waals surface area (Å²) in [5.74, 6) is -0.270. The topological polar surface area (TPSA) is 81.9 Å². The number of hydrogen-bond donors (Lipinski definition) is 0. The Balaban J connectivity index is 1.44. The van der Waals surface area contributed by atoms with Crippen LogP contribution in [0, 0.1) is 6.92 Å². The number of nitrogens with zero attached hydrogens (tertiary/aromatic N) is 5. The third-order valence-electron chi connectivity index (χ3n) is 5.68. The first-order chi connectivity index (χ1) is 13.6. The number of carbonyl (C=O) groups excluding carboxylic acids is 1. The molecule has 0 N–H and O–H groups in total. The van der Waals surface area contributed by atoms with Gasteiger partial charge in [-0.2, -0.15) is 9.61 Å². The summed E-state index contributed by atoms with van der Waals surface area (Å²) in [5.41, 5.74) is 3.60. The molecule has 28 heavy (non-hydrogen) atoms. The van der Waals surface area contributed by atoms with Crippen molar-refractivity contribution in [2.75, 3.05) is 31.7 Å². The van der Waals surface area contributed by atoms with Gasteiger partial charge in [-0.05, 0) is 37.5 Å². The smallest absolute Gasteiger partial charge is 0.348 e. The number of carbonyl (C=O) groups is 1. The van der Waals surface area contributed by atoms with Crippen molar-refractivity contribution in [3.63, 3.8) is 0 Å². The number of hydrogen-bond acceptors (Lipinski definition) is 8. The molecule has 1 saturated heterocycles. The zero-order valence-corrected chi connectivity index (χ0v) is 16.7. The summed E-state index contributed by atoms with van der Waals surface area (Å²) < 4.78 is 13.0. The van der Waals surface area contributed by atoms with E-state index in [0.29, 0.717) is 11.5 Å². The molecule has 0 aliphatic carbocycles. The Morgan fingerprint density at radius 1 is 1.32 bits per heavy atom. The highest BCUT2D eigenvalue weighted by Crippen LogP contribution is 2.45. The van der Waals surface area contributed by atoms with Crippen LogP contribution in [0.4, 0.5) is 5.69 Å². The molecule has 0 atom stereocenters. The number of thiophene rings is 1. The van der Waals surface area contributed by atoms with Gasteiger partial charge in [-0.25, -0.2) is 4.79 Å². The highest BCUT2D eigenvalue weighted by atomic mass is 32.1. The first kappa shape index (κ1) is 17.6. The molecule has 2 aliphatic rings. The van der Waals surface area contributed by atoms with Gasteiger partial charge in [-0.15, -0.1) is 21.5 Å². The molecular weight excluding hydrogens is 378 g/mol. The second-order valence-corrected chi connectivity index (χ2v) is 8.43. The average Bonchev–Trinajstić information content (AvgIpc) is 3.35. The zero-order chi connectivity index (χ0) is 19.3. The maximum atomic E-state index is 12.0. The predicted octanol–water partition coefficient (Wildman–Crippen LogP) is 2.35. The average molecular weight is 399 g/mol. The van der Waals surface area contributed by atoms with Crippen LogP contribution in [0.15, 0.2) is 18.5 Å². The molecule has 1 spiro atoms. The molecule has 5 rings (SSSR count). The van der Waals surface area contributed by atoms with Gasteiger partial charge in [-0.3, -0.25) is 0 Å². The Morgan fingerprint density at radius 2 is 2.14 bits per heavy atom. The molecule has 1 fully saturated rings. The van der Waals surface area contributed by atoms with E-state index in [4.69, 9.17) is 9.47 Å². The van der Waals surface area contributed by atoms with Crippen molar-refractivity contribution in [3.05, 3.63) is 39.5 Å². The fourth-order valence-electron chi connectivity index (χ4n) is 4.31. The van der Waals surface area contributed by atoms with E-state index < -0.39 is 0 Å². The first-order valence-corrected chi connectivity index (χ1v) is 10.2. The van der Waals surface area contributed by atoms with Crippen LogP contribution < -0.4 is 4.90 Å². The van der Waals surface area contributed by atoms with E-state index >= 15 is 0 Å². The summed E-state index contributed by atoms with van der Waals surface area (Å²) in [7, 11) is 1.42. The lowest BCUT2D eigenvalue weighted by atomic mass is 9.82. The van der Waals surface area contributed by atoms with Gasteiger partial charge in [0.25, 0.3) is 0 Å². The van der Waals surface area contributed by atoms with Crippen LogP contribution in [0.1, 0.15) is 38.6 Å². The Hall–Kier alpha value is -2.52. The third-order valence-corrected chi connectivity index (χ3v) is 6.85.